The van der Waals surface area contributed by atoms with Gasteiger partial charge in [0.25, 0.3) is 5.91 Å². The quantitative estimate of drug-likeness (QED) is 0.819. The highest BCUT2D eigenvalue weighted by molar-refractivity contribution is 7.13. The maximum atomic E-state index is 11.9. The number of hydrogen-bond donors (Lipinski definition) is 1. The van der Waals surface area contributed by atoms with Crippen LogP contribution in [0.3, 0.4) is 0 Å². The molecule has 0 bridgehead atoms. The second-order valence-corrected chi connectivity index (χ2v) is 5.00. The molecule has 0 spiro atoms. The van der Waals surface area contributed by atoms with E-state index in [1.165, 1.54) is 4.88 Å². The van der Waals surface area contributed by atoms with Gasteiger partial charge < -0.3 is 10.6 Å². The Balaban J connectivity index is 0.00000112. The highest BCUT2D eigenvalue weighted by atomic mass is 35.5. The van der Waals surface area contributed by atoms with E-state index in [2.05, 4.69) is 0 Å². The lowest BCUT2D eigenvalue weighted by atomic mass is 10.3. The number of carbonyl (C=O) groups excluding carboxylic acids is 1. The van der Waals surface area contributed by atoms with Crippen molar-refractivity contribution in [2.45, 2.75) is 19.4 Å². The lowest BCUT2D eigenvalue weighted by Crippen LogP contribution is -2.31. The number of amides is 1. The van der Waals surface area contributed by atoms with Crippen molar-refractivity contribution in [1.29, 1.82) is 0 Å². The summed E-state index contributed by atoms with van der Waals surface area (Å²) in [6, 6.07) is 4.04. The molecule has 1 fully saturated rings. The first-order valence-electron chi connectivity index (χ1n) is 4.78. The Labute approximate surface area is 99.7 Å². The molecule has 84 valence electrons. The van der Waals surface area contributed by atoms with Crippen LogP contribution in [0.4, 0.5) is 0 Å². The van der Waals surface area contributed by atoms with Crippen molar-refractivity contribution in [3.05, 3.63) is 21.9 Å². The lowest BCUT2D eigenvalue weighted by molar-refractivity contribution is 0.0795. The van der Waals surface area contributed by atoms with Crippen LogP contribution >= 0.6 is 23.7 Å². The minimum Gasteiger partial charge on any atom is -0.336 e. The van der Waals surface area contributed by atoms with Gasteiger partial charge >= 0.3 is 0 Å². The van der Waals surface area contributed by atoms with Crippen LogP contribution in [-0.4, -0.2) is 29.9 Å². The Kier molecular flexibility index (Phi) is 4.13. The fourth-order valence-corrected chi connectivity index (χ4v) is 2.51. The fraction of sp³-hybridized carbons (Fsp3) is 0.500. The first kappa shape index (κ1) is 12.5. The zero-order chi connectivity index (χ0) is 10.1. The van der Waals surface area contributed by atoms with Crippen molar-refractivity contribution >= 4 is 29.7 Å². The van der Waals surface area contributed by atoms with Crippen LogP contribution < -0.4 is 5.73 Å². The third-order valence-corrected chi connectivity index (χ3v) is 3.45. The Bertz CT molecular complexity index is 353. The average molecular weight is 247 g/mol. The molecule has 1 aliphatic heterocycles. The van der Waals surface area contributed by atoms with Gasteiger partial charge in [-0.25, -0.2) is 0 Å². The number of carbonyl (C=O) groups is 1. The highest BCUT2D eigenvalue weighted by Crippen LogP contribution is 2.19. The van der Waals surface area contributed by atoms with Gasteiger partial charge in [0.1, 0.15) is 0 Å². The van der Waals surface area contributed by atoms with E-state index in [0.29, 0.717) is 6.54 Å². The number of nitrogens with zero attached hydrogens (tertiary/aromatic N) is 1. The predicted molar refractivity (Wildman–Crippen MR) is 64.8 cm³/mol. The number of nitrogens with two attached hydrogens (primary N) is 1. The number of likely N-dealkylation sites (tertiary alicyclic amines) is 1. The van der Waals surface area contributed by atoms with E-state index in [0.717, 1.165) is 17.8 Å². The van der Waals surface area contributed by atoms with Crippen LogP contribution in [0, 0.1) is 6.92 Å². The second kappa shape index (κ2) is 4.96. The van der Waals surface area contributed by atoms with E-state index in [4.69, 9.17) is 5.73 Å². The van der Waals surface area contributed by atoms with E-state index >= 15 is 0 Å². The van der Waals surface area contributed by atoms with E-state index in [1.54, 1.807) is 11.3 Å². The van der Waals surface area contributed by atoms with Gasteiger partial charge in [-0.15, -0.1) is 23.7 Å². The topological polar surface area (TPSA) is 46.3 Å². The minimum atomic E-state index is 0. The third kappa shape index (κ3) is 2.71. The van der Waals surface area contributed by atoms with Crippen molar-refractivity contribution in [3.63, 3.8) is 0 Å². The summed E-state index contributed by atoms with van der Waals surface area (Å²) in [4.78, 5) is 15.7. The molecule has 0 radical (unpaired) electrons. The molecule has 2 rings (SSSR count). The van der Waals surface area contributed by atoms with Gasteiger partial charge in [-0.05, 0) is 25.5 Å². The monoisotopic (exact) mass is 246 g/mol. The average Bonchev–Trinajstić information content (AvgIpc) is 2.73. The molecule has 5 heteroatoms. The molecule has 2 heterocycles. The van der Waals surface area contributed by atoms with Gasteiger partial charge in [0.2, 0.25) is 0 Å². The Morgan fingerprint density at radius 3 is 2.80 bits per heavy atom. The van der Waals surface area contributed by atoms with Crippen molar-refractivity contribution in [2.24, 2.45) is 5.73 Å². The van der Waals surface area contributed by atoms with Crippen LogP contribution in [0.25, 0.3) is 0 Å². The summed E-state index contributed by atoms with van der Waals surface area (Å²) in [5.41, 5.74) is 5.76. The molecule has 1 saturated heterocycles. The largest absolute Gasteiger partial charge is 0.336 e. The van der Waals surface area contributed by atoms with Crippen LogP contribution in [-0.2, 0) is 0 Å². The molecule has 1 aliphatic rings. The van der Waals surface area contributed by atoms with Gasteiger partial charge in [-0.2, -0.15) is 0 Å². The third-order valence-electron chi connectivity index (χ3n) is 2.46. The molecule has 0 aliphatic carbocycles. The number of thiophene rings is 1. The summed E-state index contributed by atoms with van der Waals surface area (Å²) in [7, 11) is 0. The molecule has 0 unspecified atom stereocenters. The second-order valence-electron chi connectivity index (χ2n) is 3.71. The smallest absolute Gasteiger partial charge is 0.263 e. The Morgan fingerprint density at radius 2 is 2.33 bits per heavy atom. The van der Waals surface area contributed by atoms with Gasteiger partial charge in [0.15, 0.2) is 0 Å². The van der Waals surface area contributed by atoms with Crippen molar-refractivity contribution in [3.8, 4) is 0 Å². The zero-order valence-electron chi connectivity index (χ0n) is 8.60. The molecule has 2 N–H and O–H groups in total. The van der Waals surface area contributed by atoms with Gasteiger partial charge in [0, 0.05) is 24.0 Å². The predicted octanol–water partition coefficient (Wildman–Crippen LogP) is 1.65. The van der Waals surface area contributed by atoms with Gasteiger partial charge in [-0.3, -0.25) is 4.79 Å². The summed E-state index contributed by atoms with van der Waals surface area (Å²) in [5.74, 6) is 0.135. The molecule has 1 amide bonds. The van der Waals surface area contributed by atoms with Gasteiger partial charge in [-0.1, -0.05) is 0 Å². The lowest BCUT2D eigenvalue weighted by Gasteiger charge is -2.13. The number of rotatable bonds is 1. The summed E-state index contributed by atoms with van der Waals surface area (Å²) < 4.78 is 0. The van der Waals surface area contributed by atoms with Crippen LogP contribution in [0.2, 0.25) is 0 Å². The molecular formula is C10H15ClN2OS. The normalized spacial score (nSPS) is 20.1. The molecule has 1 aromatic heterocycles. The molecule has 15 heavy (non-hydrogen) atoms. The van der Waals surface area contributed by atoms with Crippen LogP contribution in [0.1, 0.15) is 21.0 Å². The van der Waals surface area contributed by atoms with E-state index in [-0.39, 0.29) is 24.4 Å². The summed E-state index contributed by atoms with van der Waals surface area (Å²) >= 11 is 1.55. The van der Waals surface area contributed by atoms with Gasteiger partial charge in [0.05, 0.1) is 4.88 Å². The molecule has 0 aromatic carbocycles. The van der Waals surface area contributed by atoms with E-state index < -0.39 is 0 Å². The highest BCUT2D eigenvalue weighted by Gasteiger charge is 2.24. The standard InChI is InChI=1S/C10H14N2OS.ClH/c1-7-2-3-9(14-7)10(13)12-5-4-8(11)6-12;/h2-3,8H,4-6,11H2,1H3;1H/t8-;/m1./s1. The number of aryl methyl sites for hydroxylation is 1. The summed E-state index contributed by atoms with van der Waals surface area (Å²) in [5, 5.41) is 0. The maximum Gasteiger partial charge on any atom is 0.263 e. The molecular weight excluding hydrogens is 232 g/mol. The van der Waals surface area contributed by atoms with Crippen molar-refractivity contribution in [2.75, 3.05) is 13.1 Å². The maximum absolute atomic E-state index is 11.9. The van der Waals surface area contributed by atoms with Crippen molar-refractivity contribution < 1.29 is 4.79 Å². The fourth-order valence-electron chi connectivity index (χ4n) is 1.68. The minimum absolute atomic E-state index is 0. The summed E-state index contributed by atoms with van der Waals surface area (Å²) in [6.45, 7) is 3.52. The van der Waals surface area contributed by atoms with E-state index in [9.17, 15) is 4.79 Å². The van der Waals surface area contributed by atoms with Crippen LogP contribution in [0.5, 0.6) is 0 Å². The Morgan fingerprint density at radius 1 is 1.60 bits per heavy atom. The molecule has 1 atom stereocenters. The first-order valence-corrected chi connectivity index (χ1v) is 5.60. The molecule has 0 saturated carbocycles. The van der Waals surface area contributed by atoms with E-state index in [1.807, 2.05) is 24.0 Å². The van der Waals surface area contributed by atoms with Crippen LogP contribution in [0.15, 0.2) is 12.1 Å². The number of halogens is 1. The number of hydrogen-bond acceptors (Lipinski definition) is 3. The first-order chi connectivity index (χ1) is 6.66. The molecule has 1 aromatic rings. The Hall–Kier alpha value is -0.580. The zero-order valence-corrected chi connectivity index (χ0v) is 10.2. The van der Waals surface area contributed by atoms with Crippen molar-refractivity contribution in [1.82, 2.24) is 4.90 Å². The molecule has 3 nitrogen and oxygen atoms in total. The SMILES string of the molecule is Cc1ccc(C(=O)N2CC[C@@H](N)C2)s1.Cl. The summed E-state index contributed by atoms with van der Waals surface area (Å²) in [6.07, 6.45) is 0.927.